The highest BCUT2D eigenvalue weighted by atomic mass is 16.5. The average Bonchev–Trinajstić information content (AvgIpc) is 2.33. The van der Waals surface area contributed by atoms with Gasteiger partial charge in [0, 0.05) is 0 Å². The van der Waals surface area contributed by atoms with Gasteiger partial charge in [0.2, 0.25) is 0 Å². The summed E-state index contributed by atoms with van der Waals surface area (Å²) in [6, 6.07) is 0. The lowest BCUT2D eigenvalue weighted by molar-refractivity contribution is 0.102. The van der Waals surface area contributed by atoms with Gasteiger partial charge >= 0.3 is 0 Å². The van der Waals surface area contributed by atoms with E-state index in [1.54, 1.807) is 0 Å². The van der Waals surface area contributed by atoms with E-state index in [1.165, 1.54) is 5.57 Å². The van der Waals surface area contributed by atoms with E-state index in [1.807, 2.05) is 47.6 Å². The van der Waals surface area contributed by atoms with E-state index in [0.29, 0.717) is 12.7 Å². The van der Waals surface area contributed by atoms with Crippen LogP contribution >= 0.6 is 0 Å². The normalized spacial score (nSPS) is 10.7. The highest BCUT2D eigenvalue weighted by molar-refractivity contribution is 5.09. The number of allylic oxidation sites excluding steroid dienone is 3. The van der Waals surface area contributed by atoms with E-state index in [-0.39, 0.29) is 0 Å². The maximum Gasteiger partial charge on any atom is 0.0653 e. The van der Waals surface area contributed by atoms with Gasteiger partial charge < -0.3 is 4.74 Å². The average molecular weight is 228 g/mol. The molecule has 98 valence electrons. The minimum atomic E-state index is 0.325. The molecule has 0 saturated heterocycles. The summed E-state index contributed by atoms with van der Waals surface area (Å²) in [5.74, 6) is 0. The zero-order valence-corrected chi connectivity index (χ0v) is 12.6. The third-order valence-corrected chi connectivity index (χ3v) is 1.60. The fraction of sp³-hybridized carbons (Fsp3) is 0.733. The third kappa shape index (κ3) is 23.3. The quantitative estimate of drug-likeness (QED) is 0.574. The second-order valence-electron chi connectivity index (χ2n) is 3.18. The molecule has 0 radical (unpaired) electrons. The smallest absolute Gasteiger partial charge is 0.0653 e. The maximum atomic E-state index is 5.34. The summed E-state index contributed by atoms with van der Waals surface area (Å²) in [5, 5.41) is 0. The molecule has 0 aliphatic carbocycles. The van der Waals surface area contributed by atoms with Crippen LogP contribution in [-0.2, 0) is 4.74 Å². The van der Waals surface area contributed by atoms with E-state index in [9.17, 15) is 0 Å². The lowest BCUT2D eigenvalue weighted by Crippen LogP contribution is -2.01. The molecule has 0 saturated carbocycles. The van der Waals surface area contributed by atoms with Crippen molar-refractivity contribution in [2.75, 3.05) is 6.61 Å². The molecule has 1 nitrogen and oxygen atoms in total. The monoisotopic (exact) mass is 228 g/mol. The molecule has 0 bridgehead atoms. The van der Waals surface area contributed by atoms with Gasteiger partial charge in [-0.1, -0.05) is 58.4 Å². The Morgan fingerprint density at radius 3 is 2.00 bits per heavy atom. The topological polar surface area (TPSA) is 9.23 Å². The second-order valence-corrected chi connectivity index (χ2v) is 3.18. The first-order valence-corrected chi connectivity index (χ1v) is 6.60. The summed E-state index contributed by atoms with van der Waals surface area (Å²) in [6.45, 7) is 17.1. The van der Waals surface area contributed by atoms with Crippen LogP contribution in [0.25, 0.3) is 0 Å². The molecular weight excluding hydrogens is 196 g/mol. The molecule has 0 unspecified atom stereocenters. The van der Waals surface area contributed by atoms with E-state index in [0.717, 1.165) is 6.42 Å². The van der Waals surface area contributed by atoms with Crippen molar-refractivity contribution in [3.8, 4) is 0 Å². The summed E-state index contributed by atoms with van der Waals surface area (Å²) >= 11 is 0. The van der Waals surface area contributed by atoms with Crippen LogP contribution in [0.3, 0.4) is 0 Å². The molecule has 0 aromatic heterocycles. The Morgan fingerprint density at radius 1 is 1.12 bits per heavy atom. The molecule has 0 atom stereocenters. The minimum absolute atomic E-state index is 0.325. The van der Waals surface area contributed by atoms with E-state index < -0.39 is 0 Å². The van der Waals surface area contributed by atoms with Crippen LogP contribution in [0.5, 0.6) is 0 Å². The molecule has 0 aliphatic heterocycles. The van der Waals surface area contributed by atoms with Crippen LogP contribution < -0.4 is 0 Å². The van der Waals surface area contributed by atoms with Crippen LogP contribution in [0.1, 0.15) is 61.8 Å². The first kappa shape index (κ1) is 20.8. The van der Waals surface area contributed by atoms with Gasteiger partial charge in [-0.2, -0.15) is 0 Å². The van der Waals surface area contributed by atoms with Gasteiger partial charge in [0.05, 0.1) is 12.7 Å². The van der Waals surface area contributed by atoms with Crippen molar-refractivity contribution in [3.63, 3.8) is 0 Å². The highest BCUT2D eigenvalue weighted by Gasteiger charge is 1.86. The van der Waals surface area contributed by atoms with Gasteiger partial charge in [-0.25, -0.2) is 0 Å². The number of hydrogen-bond donors (Lipinski definition) is 0. The Kier molecular flexibility index (Phi) is 25.9. The lowest BCUT2D eigenvalue weighted by atomic mass is 10.2. The third-order valence-electron chi connectivity index (χ3n) is 1.60. The molecule has 0 amide bonds. The van der Waals surface area contributed by atoms with Crippen LogP contribution in [0.15, 0.2) is 23.8 Å². The Labute approximate surface area is 104 Å². The van der Waals surface area contributed by atoms with Crippen LogP contribution in [-0.4, -0.2) is 12.7 Å². The zero-order chi connectivity index (χ0) is 13.4. The summed E-state index contributed by atoms with van der Waals surface area (Å²) in [7, 11) is 0. The van der Waals surface area contributed by atoms with Crippen molar-refractivity contribution in [2.45, 2.75) is 67.9 Å². The lowest BCUT2D eigenvalue weighted by Gasteiger charge is -2.02. The molecule has 0 aromatic carbocycles. The van der Waals surface area contributed by atoms with Gasteiger partial charge in [-0.3, -0.25) is 0 Å². The predicted octanol–water partition coefficient (Wildman–Crippen LogP) is 5.38. The zero-order valence-electron chi connectivity index (χ0n) is 12.6. The van der Waals surface area contributed by atoms with Crippen molar-refractivity contribution < 1.29 is 4.74 Å². The summed E-state index contributed by atoms with van der Waals surface area (Å²) in [4.78, 5) is 0. The van der Waals surface area contributed by atoms with Crippen molar-refractivity contribution >= 4 is 0 Å². The standard InChI is InChI=1S/C11H20O.2C2H6/c1-5-11(4)8-6-7-9-12-10(2)3;2*1-2/h6-8,10H,5,9H2,1-4H3;2*1-2H3/b7-6-,11-8-;;. The fourth-order valence-electron chi connectivity index (χ4n) is 0.654. The summed E-state index contributed by atoms with van der Waals surface area (Å²) < 4.78 is 5.34. The minimum Gasteiger partial charge on any atom is -0.375 e. The van der Waals surface area contributed by atoms with Crippen molar-refractivity contribution in [1.82, 2.24) is 0 Å². The molecule has 0 fully saturated rings. The molecule has 0 spiro atoms. The van der Waals surface area contributed by atoms with Gasteiger partial charge in [0.15, 0.2) is 0 Å². The number of hydrogen-bond acceptors (Lipinski definition) is 1. The molecule has 0 aliphatic rings. The van der Waals surface area contributed by atoms with Gasteiger partial charge in [0.1, 0.15) is 0 Å². The van der Waals surface area contributed by atoms with E-state index in [2.05, 4.69) is 26.0 Å². The molecule has 1 heteroatoms. The maximum absolute atomic E-state index is 5.34. The van der Waals surface area contributed by atoms with Crippen LogP contribution in [0.2, 0.25) is 0 Å². The molecule has 0 N–H and O–H groups in total. The van der Waals surface area contributed by atoms with Gasteiger partial charge in [0.25, 0.3) is 0 Å². The fourth-order valence-corrected chi connectivity index (χ4v) is 0.654. The molecule has 16 heavy (non-hydrogen) atoms. The van der Waals surface area contributed by atoms with Crippen molar-refractivity contribution in [1.29, 1.82) is 0 Å². The largest absolute Gasteiger partial charge is 0.375 e. The van der Waals surface area contributed by atoms with Gasteiger partial charge in [-0.15, -0.1) is 0 Å². The summed E-state index contributed by atoms with van der Waals surface area (Å²) in [5.41, 5.74) is 1.40. The van der Waals surface area contributed by atoms with E-state index >= 15 is 0 Å². The predicted molar refractivity (Wildman–Crippen MR) is 77.0 cm³/mol. The number of ether oxygens (including phenoxy) is 1. The Hall–Kier alpha value is -0.560. The van der Waals surface area contributed by atoms with Crippen molar-refractivity contribution in [2.24, 2.45) is 0 Å². The Morgan fingerprint density at radius 2 is 1.62 bits per heavy atom. The molecule has 0 rings (SSSR count). The molecule has 0 heterocycles. The second kappa shape index (κ2) is 19.9. The molecular formula is C15H32O. The van der Waals surface area contributed by atoms with Crippen molar-refractivity contribution in [3.05, 3.63) is 23.8 Å². The van der Waals surface area contributed by atoms with E-state index in [4.69, 9.17) is 4.74 Å². The highest BCUT2D eigenvalue weighted by Crippen LogP contribution is 1.97. The van der Waals surface area contributed by atoms with Crippen LogP contribution in [0, 0.1) is 0 Å². The first-order valence-electron chi connectivity index (χ1n) is 6.60. The van der Waals surface area contributed by atoms with Gasteiger partial charge in [-0.05, 0) is 27.2 Å². The Bertz CT molecular complexity index is 155. The molecule has 0 aromatic rings. The Balaban J connectivity index is -0.000000376. The SMILES string of the molecule is CC.CC.CC/C(C)=C\C=C/COC(C)C. The first-order chi connectivity index (χ1) is 7.66. The number of rotatable bonds is 5. The summed E-state index contributed by atoms with van der Waals surface area (Å²) in [6.07, 6.45) is 7.67. The van der Waals surface area contributed by atoms with Crippen LogP contribution in [0.4, 0.5) is 0 Å².